The third-order valence-corrected chi connectivity index (χ3v) is 3.99. The normalized spacial score (nSPS) is 24.5. The Morgan fingerprint density at radius 2 is 2.00 bits per heavy atom. The molecule has 0 aliphatic heterocycles. The molecule has 0 aromatic rings. The third-order valence-electron chi connectivity index (χ3n) is 3.99. The summed E-state index contributed by atoms with van der Waals surface area (Å²) in [5, 5.41) is 14.3. The molecule has 0 radical (unpaired) electrons. The highest BCUT2D eigenvalue weighted by Gasteiger charge is 2.23. The van der Waals surface area contributed by atoms with Crippen molar-refractivity contribution in [1.29, 1.82) is 0 Å². The van der Waals surface area contributed by atoms with Crippen LogP contribution < -0.4 is 10.6 Å². The third kappa shape index (κ3) is 5.49. The van der Waals surface area contributed by atoms with Crippen LogP contribution in [0.5, 0.6) is 0 Å². The number of hydrogen-bond donors (Lipinski definition) is 3. The Morgan fingerprint density at radius 1 is 1.32 bits per heavy atom. The van der Waals surface area contributed by atoms with Crippen LogP contribution in [0.15, 0.2) is 0 Å². The van der Waals surface area contributed by atoms with Crippen molar-refractivity contribution in [3.63, 3.8) is 0 Å². The minimum Gasteiger partial charge on any atom is -0.480 e. The second-order valence-corrected chi connectivity index (χ2v) is 5.56. The molecule has 0 aromatic carbocycles. The smallest absolute Gasteiger partial charge is 0.326 e. The van der Waals surface area contributed by atoms with Gasteiger partial charge < -0.3 is 15.7 Å². The number of hydrogen-bond acceptors (Lipinski definition) is 2. The van der Waals surface area contributed by atoms with E-state index in [4.69, 9.17) is 5.11 Å². The minimum atomic E-state index is -0.969. The molecule has 2 amide bonds. The number of carboxylic acids is 1. The van der Waals surface area contributed by atoms with E-state index in [0.29, 0.717) is 24.8 Å². The molecule has 0 heterocycles. The summed E-state index contributed by atoms with van der Waals surface area (Å²) in [5.74, 6) is 0.192. The molecule has 3 atom stereocenters. The number of carboxylic acid groups (broad SMARTS) is 1. The van der Waals surface area contributed by atoms with E-state index in [1.165, 1.54) is 19.3 Å². The van der Waals surface area contributed by atoms with Gasteiger partial charge in [-0.05, 0) is 24.7 Å². The summed E-state index contributed by atoms with van der Waals surface area (Å²) in [6.07, 6.45) is 6.08. The second kappa shape index (κ2) is 8.02. The van der Waals surface area contributed by atoms with E-state index in [9.17, 15) is 9.59 Å². The fourth-order valence-corrected chi connectivity index (χ4v) is 2.68. The first-order valence-corrected chi connectivity index (χ1v) is 7.31. The van der Waals surface area contributed by atoms with Crippen molar-refractivity contribution in [2.24, 2.45) is 11.8 Å². The van der Waals surface area contributed by atoms with Crippen molar-refractivity contribution in [3.8, 4) is 0 Å². The summed E-state index contributed by atoms with van der Waals surface area (Å²) in [4.78, 5) is 22.6. The quantitative estimate of drug-likeness (QED) is 0.693. The summed E-state index contributed by atoms with van der Waals surface area (Å²) in [7, 11) is 0. The molecule has 5 heteroatoms. The number of amides is 2. The van der Waals surface area contributed by atoms with Crippen LogP contribution in [0.1, 0.15) is 52.4 Å². The molecular formula is C14H26N2O3. The first-order chi connectivity index (χ1) is 9.04. The average Bonchev–Trinajstić information content (AvgIpc) is 2.37. The molecule has 0 spiro atoms. The van der Waals surface area contributed by atoms with Gasteiger partial charge in [-0.25, -0.2) is 9.59 Å². The van der Waals surface area contributed by atoms with Crippen LogP contribution in [-0.2, 0) is 4.79 Å². The van der Waals surface area contributed by atoms with Gasteiger partial charge in [0.1, 0.15) is 6.04 Å². The summed E-state index contributed by atoms with van der Waals surface area (Å²) in [5.41, 5.74) is 0. The fourth-order valence-electron chi connectivity index (χ4n) is 2.68. The van der Waals surface area contributed by atoms with Crippen molar-refractivity contribution in [2.75, 3.05) is 6.54 Å². The van der Waals surface area contributed by atoms with Crippen LogP contribution in [0.4, 0.5) is 4.79 Å². The predicted octanol–water partition coefficient (Wildman–Crippen LogP) is 2.37. The molecule has 1 aliphatic carbocycles. The lowest BCUT2D eigenvalue weighted by Crippen LogP contribution is -2.47. The molecule has 1 fully saturated rings. The predicted molar refractivity (Wildman–Crippen MR) is 74.0 cm³/mol. The molecular weight excluding hydrogens is 244 g/mol. The lowest BCUT2D eigenvalue weighted by Gasteiger charge is -2.29. The zero-order valence-electron chi connectivity index (χ0n) is 11.9. The molecule has 0 bridgehead atoms. The maximum Gasteiger partial charge on any atom is 0.326 e. The van der Waals surface area contributed by atoms with E-state index in [2.05, 4.69) is 17.6 Å². The standard InChI is InChI=1S/C14H26N2O3/c1-3-6-12(13(17)18)16-14(19)15-9-11-8-5-4-7-10(11)2/h10-12H,3-9H2,1-2H3,(H,17,18)(H2,15,16,19)/t10?,11?,12-/m1/s1. The van der Waals surface area contributed by atoms with Crippen LogP contribution in [0, 0.1) is 11.8 Å². The SMILES string of the molecule is CCC[C@@H](NC(=O)NCC1CCCCC1C)C(=O)O. The van der Waals surface area contributed by atoms with Gasteiger partial charge in [-0.2, -0.15) is 0 Å². The number of urea groups is 1. The highest BCUT2D eigenvalue weighted by molar-refractivity contribution is 5.82. The molecule has 0 aromatic heterocycles. The van der Waals surface area contributed by atoms with Crippen LogP contribution in [0.3, 0.4) is 0 Å². The van der Waals surface area contributed by atoms with Crippen LogP contribution >= 0.6 is 0 Å². The first-order valence-electron chi connectivity index (χ1n) is 7.31. The largest absolute Gasteiger partial charge is 0.480 e. The van der Waals surface area contributed by atoms with Crippen LogP contribution in [0.25, 0.3) is 0 Å². The lowest BCUT2D eigenvalue weighted by atomic mass is 9.80. The molecule has 19 heavy (non-hydrogen) atoms. The molecule has 3 N–H and O–H groups in total. The summed E-state index contributed by atoms with van der Waals surface area (Å²) < 4.78 is 0. The van der Waals surface area contributed by atoms with E-state index in [1.54, 1.807) is 0 Å². The molecule has 2 unspecified atom stereocenters. The molecule has 0 saturated heterocycles. The molecule has 5 nitrogen and oxygen atoms in total. The van der Waals surface area contributed by atoms with Gasteiger partial charge in [-0.1, -0.05) is 39.5 Å². The van der Waals surface area contributed by atoms with Crippen LogP contribution in [0.2, 0.25) is 0 Å². The topological polar surface area (TPSA) is 78.4 Å². The van der Waals surface area contributed by atoms with Crippen molar-refractivity contribution < 1.29 is 14.7 Å². The maximum atomic E-state index is 11.7. The Labute approximate surface area is 115 Å². The minimum absolute atomic E-state index is 0.362. The van der Waals surface area contributed by atoms with E-state index < -0.39 is 12.0 Å². The second-order valence-electron chi connectivity index (χ2n) is 5.56. The lowest BCUT2D eigenvalue weighted by molar-refractivity contribution is -0.139. The van der Waals surface area contributed by atoms with Gasteiger partial charge in [0.2, 0.25) is 0 Å². The summed E-state index contributed by atoms with van der Waals surface area (Å²) in [6.45, 7) is 4.77. The number of nitrogens with one attached hydrogen (secondary N) is 2. The average molecular weight is 270 g/mol. The fraction of sp³-hybridized carbons (Fsp3) is 0.857. The Balaban J connectivity index is 2.31. The van der Waals surface area contributed by atoms with Crippen molar-refractivity contribution in [3.05, 3.63) is 0 Å². The Morgan fingerprint density at radius 3 is 2.58 bits per heavy atom. The maximum absolute atomic E-state index is 11.7. The Bertz CT molecular complexity index is 307. The van der Waals surface area contributed by atoms with Gasteiger partial charge >= 0.3 is 12.0 Å². The highest BCUT2D eigenvalue weighted by Crippen LogP contribution is 2.28. The van der Waals surface area contributed by atoms with E-state index in [1.807, 2.05) is 6.92 Å². The summed E-state index contributed by atoms with van der Waals surface area (Å²) in [6, 6.07) is -1.15. The number of rotatable bonds is 6. The molecule has 1 aliphatic rings. The Hall–Kier alpha value is -1.26. The number of aliphatic carboxylic acids is 1. The monoisotopic (exact) mass is 270 g/mol. The van der Waals surface area contributed by atoms with Gasteiger partial charge in [-0.3, -0.25) is 0 Å². The van der Waals surface area contributed by atoms with Gasteiger partial charge in [0.05, 0.1) is 0 Å². The van der Waals surface area contributed by atoms with Crippen molar-refractivity contribution >= 4 is 12.0 Å². The van der Waals surface area contributed by atoms with Gasteiger partial charge in [0, 0.05) is 6.54 Å². The van der Waals surface area contributed by atoms with Crippen molar-refractivity contribution in [1.82, 2.24) is 10.6 Å². The first kappa shape index (κ1) is 15.8. The molecule has 1 saturated carbocycles. The zero-order valence-corrected chi connectivity index (χ0v) is 11.9. The number of carbonyl (C=O) groups is 2. The zero-order chi connectivity index (χ0) is 14.3. The van der Waals surface area contributed by atoms with Gasteiger partial charge in [0.15, 0.2) is 0 Å². The Kier molecular flexibility index (Phi) is 6.67. The molecule has 1 rings (SSSR count). The summed E-state index contributed by atoms with van der Waals surface area (Å²) >= 11 is 0. The van der Waals surface area contributed by atoms with E-state index in [0.717, 1.165) is 12.8 Å². The highest BCUT2D eigenvalue weighted by atomic mass is 16.4. The molecule has 110 valence electrons. The van der Waals surface area contributed by atoms with E-state index >= 15 is 0 Å². The van der Waals surface area contributed by atoms with Crippen LogP contribution in [-0.4, -0.2) is 29.7 Å². The van der Waals surface area contributed by atoms with Crippen molar-refractivity contribution in [2.45, 2.75) is 58.4 Å². The number of carbonyl (C=O) groups excluding carboxylic acids is 1. The van der Waals surface area contributed by atoms with Gasteiger partial charge in [-0.15, -0.1) is 0 Å². The van der Waals surface area contributed by atoms with Gasteiger partial charge in [0.25, 0.3) is 0 Å². The van der Waals surface area contributed by atoms with E-state index in [-0.39, 0.29) is 6.03 Å².